The molecule has 0 aliphatic carbocycles. The first-order chi connectivity index (χ1) is 14.9. The van der Waals surface area contributed by atoms with Gasteiger partial charge in [0, 0.05) is 19.6 Å². The van der Waals surface area contributed by atoms with Crippen LogP contribution in [0.25, 0.3) is 0 Å². The molecule has 0 aromatic carbocycles. The van der Waals surface area contributed by atoms with E-state index in [-0.39, 0.29) is 19.0 Å². The van der Waals surface area contributed by atoms with Crippen LogP contribution in [0.2, 0.25) is 0 Å². The highest BCUT2D eigenvalue weighted by atomic mass is 16.4. The zero-order valence-electron chi connectivity index (χ0n) is 18.1. The highest BCUT2D eigenvalue weighted by Crippen LogP contribution is 2.25. The Morgan fingerprint density at radius 3 is 2.12 bits per heavy atom. The lowest BCUT2D eigenvalue weighted by atomic mass is 10.1. The molecule has 0 aromatic rings. The van der Waals surface area contributed by atoms with E-state index in [4.69, 9.17) is 10.8 Å². The summed E-state index contributed by atoms with van der Waals surface area (Å²) in [5.74, 6) is -3.03. The van der Waals surface area contributed by atoms with E-state index in [1.165, 1.54) is 23.6 Å². The summed E-state index contributed by atoms with van der Waals surface area (Å²) in [6, 6.07) is -3.46. The van der Waals surface area contributed by atoms with Crippen LogP contribution in [0, 0.1) is 5.92 Å². The third kappa shape index (κ3) is 5.85. The molecule has 180 valence electrons. The number of carbonyl (C=O) groups excluding carboxylic acids is 4. The molecule has 2 rings (SSSR count). The van der Waals surface area contributed by atoms with E-state index >= 15 is 0 Å². The number of carboxylic acid groups (broad SMARTS) is 1. The molecule has 13 nitrogen and oxygen atoms in total. The number of likely N-dealkylation sites (tertiary alicyclic amines) is 2. The number of nitrogens with one attached hydrogen (secondary N) is 2. The Bertz CT molecular complexity index is 758. The minimum Gasteiger partial charge on any atom is -0.465 e. The number of primary amides is 1. The number of aliphatic hydroxyl groups is 2. The SMILES string of the molecule is C[C@@H](O)[C@H](NC(=O)C1CCCN1C(=O)C1CCN(C(=O)[C@@H](NC(=O)O)[C@@H](C)O)C1)C(N)=O. The van der Waals surface area contributed by atoms with Gasteiger partial charge in [-0.2, -0.15) is 0 Å². The zero-order chi connectivity index (χ0) is 24.2. The molecule has 2 aliphatic heterocycles. The number of carbonyl (C=O) groups is 5. The van der Waals surface area contributed by atoms with Crippen LogP contribution < -0.4 is 16.4 Å². The van der Waals surface area contributed by atoms with Gasteiger partial charge in [-0.25, -0.2) is 4.79 Å². The van der Waals surface area contributed by atoms with Crippen LogP contribution in [0.4, 0.5) is 4.79 Å². The smallest absolute Gasteiger partial charge is 0.405 e. The number of hydrogen-bond donors (Lipinski definition) is 6. The highest BCUT2D eigenvalue weighted by Gasteiger charge is 2.42. The molecule has 0 radical (unpaired) electrons. The second-order valence-electron chi connectivity index (χ2n) is 8.26. The Balaban J connectivity index is 2.03. The summed E-state index contributed by atoms with van der Waals surface area (Å²) in [6.45, 7) is 3.17. The van der Waals surface area contributed by atoms with Gasteiger partial charge in [-0.3, -0.25) is 19.2 Å². The van der Waals surface area contributed by atoms with Crippen molar-refractivity contribution in [1.82, 2.24) is 20.4 Å². The first-order valence-electron chi connectivity index (χ1n) is 10.5. The molecule has 2 saturated heterocycles. The van der Waals surface area contributed by atoms with Gasteiger partial charge in [0.1, 0.15) is 18.1 Å². The number of nitrogens with two attached hydrogens (primary N) is 1. The van der Waals surface area contributed by atoms with Crippen molar-refractivity contribution >= 4 is 29.7 Å². The Morgan fingerprint density at radius 2 is 1.59 bits per heavy atom. The van der Waals surface area contributed by atoms with E-state index in [0.29, 0.717) is 25.8 Å². The van der Waals surface area contributed by atoms with Gasteiger partial charge < -0.3 is 41.5 Å². The Labute approximate surface area is 184 Å². The molecular formula is C19H31N5O8. The average Bonchev–Trinajstić information content (AvgIpc) is 3.38. The molecule has 6 atom stereocenters. The normalized spacial score (nSPS) is 24.4. The monoisotopic (exact) mass is 457 g/mol. The van der Waals surface area contributed by atoms with Gasteiger partial charge in [0.05, 0.1) is 18.1 Å². The molecule has 2 aliphatic rings. The standard InChI is InChI=1S/C19H31N5O8/c1-9(25)13(15(20)27)21-16(28)12-4-3-6-24(12)17(29)11-5-7-23(8-11)18(30)14(10(2)26)22-19(31)32/h9-14,22,25-26H,3-8H2,1-2H3,(H2,20,27)(H,21,28)(H,31,32)/t9-,10-,11?,12?,13+,14+/m1/s1. The molecular weight excluding hydrogens is 426 g/mol. The van der Waals surface area contributed by atoms with Crippen molar-refractivity contribution in [3.63, 3.8) is 0 Å². The minimum absolute atomic E-state index is 0.0324. The lowest BCUT2D eigenvalue weighted by molar-refractivity contribution is -0.142. The highest BCUT2D eigenvalue weighted by molar-refractivity contribution is 5.93. The topological polar surface area (TPSA) is 203 Å². The van der Waals surface area contributed by atoms with Crippen LogP contribution >= 0.6 is 0 Å². The second kappa shape index (κ2) is 10.6. The maximum atomic E-state index is 13.1. The van der Waals surface area contributed by atoms with Crippen LogP contribution in [0.1, 0.15) is 33.1 Å². The Kier molecular flexibility index (Phi) is 8.38. The van der Waals surface area contributed by atoms with Gasteiger partial charge in [0.2, 0.25) is 23.6 Å². The van der Waals surface area contributed by atoms with E-state index in [1.807, 2.05) is 5.32 Å². The first-order valence-corrected chi connectivity index (χ1v) is 10.5. The van der Waals surface area contributed by atoms with E-state index in [1.54, 1.807) is 0 Å². The fraction of sp³-hybridized carbons (Fsp3) is 0.737. The van der Waals surface area contributed by atoms with E-state index in [0.717, 1.165) is 0 Å². The quantitative estimate of drug-likeness (QED) is 0.224. The van der Waals surface area contributed by atoms with Crippen LogP contribution in [0.5, 0.6) is 0 Å². The van der Waals surface area contributed by atoms with Gasteiger partial charge in [0.25, 0.3) is 0 Å². The summed E-state index contributed by atoms with van der Waals surface area (Å²) in [6.07, 6.45) is -2.63. The summed E-state index contributed by atoms with van der Waals surface area (Å²) < 4.78 is 0. The van der Waals surface area contributed by atoms with Crippen LogP contribution in [-0.2, 0) is 19.2 Å². The van der Waals surface area contributed by atoms with Gasteiger partial charge in [-0.1, -0.05) is 0 Å². The summed E-state index contributed by atoms with van der Waals surface area (Å²) >= 11 is 0. The summed E-state index contributed by atoms with van der Waals surface area (Å²) in [5.41, 5.74) is 5.21. The second-order valence-corrected chi connectivity index (χ2v) is 8.26. The lowest BCUT2D eigenvalue weighted by Gasteiger charge is -2.29. The van der Waals surface area contributed by atoms with Gasteiger partial charge >= 0.3 is 6.09 Å². The van der Waals surface area contributed by atoms with E-state index < -0.39 is 60.1 Å². The molecule has 13 heteroatoms. The van der Waals surface area contributed by atoms with Gasteiger partial charge in [-0.05, 0) is 33.1 Å². The predicted octanol–water partition coefficient (Wildman–Crippen LogP) is -2.81. The largest absolute Gasteiger partial charge is 0.465 e. The Morgan fingerprint density at radius 1 is 0.969 bits per heavy atom. The van der Waals surface area contributed by atoms with Crippen molar-refractivity contribution in [2.45, 2.75) is 63.4 Å². The molecule has 7 N–H and O–H groups in total. The lowest BCUT2D eigenvalue weighted by Crippen LogP contribution is -2.56. The van der Waals surface area contributed by atoms with Crippen molar-refractivity contribution in [3.8, 4) is 0 Å². The van der Waals surface area contributed by atoms with Crippen molar-refractivity contribution < 1.29 is 39.3 Å². The fourth-order valence-electron chi connectivity index (χ4n) is 4.10. The van der Waals surface area contributed by atoms with E-state index in [9.17, 15) is 34.2 Å². The number of rotatable bonds is 8. The van der Waals surface area contributed by atoms with E-state index in [2.05, 4.69) is 5.32 Å². The molecule has 0 bridgehead atoms. The molecule has 5 amide bonds. The van der Waals surface area contributed by atoms with Crippen LogP contribution in [-0.4, -0.2) is 105 Å². The van der Waals surface area contributed by atoms with Crippen molar-refractivity contribution in [2.24, 2.45) is 11.7 Å². The summed E-state index contributed by atoms with van der Waals surface area (Å²) in [4.78, 5) is 63.4. The Hall–Kier alpha value is -2.93. The van der Waals surface area contributed by atoms with Crippen molar-refractivity contribution in [3.05, 3.63) is 0 Å². The fourth-order valence-corrected chi connectivity index (χ4v) is 4.10. The van der Waals surface area contributed by atoms with Crippen LogP contribution in [0.3, 0.4) is 0 Å². The number of amides is 5. The summed E-state index contributed by atoms with van der Waals surface area (Å²) in [7, 11) is 0. The van der Waals surface area contributed by atoms with Gasteiger partial charge in [-0.15, -0.1) is 0 Å². The molecule has 2 heterocycles. The minimum atomic E-state index is -1.45. The third-order valence-corrected chi connectivity index (χ3v) is 5.80. The third-order valence-electron chi connectivity index (χ3n) is 5.80. The maximum Gasteiger partial charge on any atom is 0.405 e. The first kappa shape index (κ1) is 25.3. The molecule has 32 heavy (non-hydrogen) atoms. The number of nitrogens with zero attached hydrogens (tertiary/aromatic N) is 2. The molecule has 0 aromatic heterocycles. The molecule has 0 saturated carbocycles. The number of aliphatic hydroxyl groups excluding tert-OH is 2. The average molecular weight is 457 g/mol. The molecule has 0 spiro atoms. The summed E-state index contributed by atoms with van der Waals surface area (Å²) in [5, 5.41) is 32.6. The maximum absolute atomic E-state index is 13.1. The van der Waals surface area contributed by atoms with Crippen molar-refractivity contribution in [1.29, 1.82) is 0 Å². The molecule has 2 fully saturated rings. The van der Waals surface area contributed by atoms with Gasteiger partial charge in [0.15, 0.2) is 0 Å². The molecule has 2 unspecified atom stereocenters. The van der Waals surface area contributed by atoms with Crippen molar-refractivity contribution in [2.75, 3.05) is 19.6 Å². The predicted molar refractivity (Wildman–Crippen MR) is 109 cm³/mol. The van der Waals surface area contributed by atoms with Crippen LogP contribution in [0.15, 0.2) is 0 Å². The zero-order valence-corrected chi connectivity index (χ0v) is 18.1. The number of hydrogen-bond acceptors (Lipinski definition) is 7.